The van der Waals surface area contributed by atoms with E-state index in [1.165, 1.54) is 4.90 Å². The minimum atomic E-state index is -0.705. The van der Waals surface area contributed by atoms with Gasteiger partial charge in [-0.15, -0.1) is 0 Å². The van der Waals surface area contributed by atoms with E-state index in [-0.39, 0.29) is 24.1 Å². The number of anilines is 1. The van der Waals surface area contributed by atoms with Crippen molar-refractivity contribution in [1.29, 1.82) is 0 Å². The first-order chi connectivity index (χ1) is 13.9. The number of ketones is 1. The molecule has 1 unspecified atom stereocenters. The number of rotatable bonds is 7. The number of amides is 2. The predicted octanol–water partition coefficient (Wildman–Crippen LogP) is 3.75. The van der Waals surface area contributed by atoms with Crippen LogP contribution in [0.25, 0.3) is 0 Å². The third kappa shape index (κ3) is 4.95. The number of nitrogens with zero attached hydrogens (tertiary/aromatic N) is 1. The summed E-state index contributed by atoms with van der Waals surface area (Å²) in [6.07, 6.45) is 0.453. The number of carbonyl (C=O) groups excluding carboxylic acids is 3. The van der Waals surface area contributed by atoms with E-state index in [0.717, 1.165) is 12.0 Å². The van der Waals surface area contributed by atoms with Crippen LogP contribution in [0.1, 0.15) is 42.6 Å². The fraction of sp³-hybridized carbons (Fsp3) is 0.318. The Hall–Kier alpha value is -2.86. The lowest BCUT2D eigenvalue weighted by Crippen LogP contribution is -2.48. The zero-order valence-corrected chi connectivity index (χ0v) is 17.2. The van der Waals surface area contributed by atoms with Gasteiger partial charge in [0.1, 0.15) is 12.3 Å². The summed E-state index contributed by atoms with van der Waals surface area (Å²) >= 11 is 5.87. The number of nitrogens with one attached hydrogen (secondary N) is 1. The molecule has 1 aliphatic heterocycles. The monoisotopic (exact) mass is 414 g/mol. The summed E-state index contributed by atoms with van der Waals surface area (Å²) in [5.41, 5.74) is 1.84. The Bertz CT molecular complexity index is 927. The van der Waals surface area contributed by atoms with Crippen LogP contribution in [0.3, 0.4) is 0 Å². The maximum absolute atomic E-state index is 12.7. The van der Waals surface area contributed by atoms with Gasteiger partial charge in [0.25, 0.3) is 5.91 Å². The second kappa shape index (κ2) is 9.09. The predicted molar refractivity (Wildman–Crippen MR) is 111 cm³/mol. The first-order valence-electron chi connectivity index (χ1n) is 9.55. The van der Waals surface area contributed by atoms with Gasteiger partial charge in [-0.1, -0.05) is 30.7 Å². The molecular weight excluding hydrogens is 392 g/mol. The van der Waals surface area contributed by atoms with E-state index in [4.69, 9.17) is 16.3 Å². The summed E-state index contributed by atoms with van der Waals surface area (Å²) in [7, 11) is 0. The fourth-order valence-corrected chi connectivity index (χ4v) is 3.24. The van der Waals surface area contributed by atoms with E-state index in [0.29, 0.717) is 35.0 Å². The van der Waals surface area contributed by atoms with E-state index in [1.54, 1.807) is 37.3 Å². The van der Waals surface area contributed by atoms with Gasteiger partial charge in [0.15, 0.2) is 11.9 Å². The molecule has 2 aromatic carbocycles. The van der Waals surface area contributed by atoms with Crippen molar-refractivity contribution in [2.24, 2.45) is 0 Å². The van der Waals surface area contributed by atoms with Crippen molar-refractivity contribution in [3.8, 4) is 5.75 Å². The first kappa shape index (κ1) is 20.9. The molecule has 6 nitrogen and oxygen atoms in total. The van der Waals surface area contributed by atoms with Gasteiger partial charge in [-0.05, 0) is 49.2 Å². The number of carbonyl (C=O) groups is 3. The van der Waals surface area contributed by atoms with Gasteiger partial charge >= 0.3 is 0 Å². The highest BCUT2D eigenvalue weighted by Crippen LogP contribution is 2.35. The number of Topliss-reactive ketones (excluding diaryl/α,β-unsaturated/α-hetero) is 1. The second-order valence-corrected chi connectivity index (χ2v) is 7.38. The summed E-state index contributed by atoms with van der Waals surface area (Å²) in [6, 6.07) is 12.2. The molecule has 0 spiro atoms. The van der Waals surface area contributed by atoms with Crippen molar-refractivity contribution in [3.05, 3.63) is 58.6 Å². The molecule has 1 atom stereocenters. The summed E-state index contributed by atoms with van der Waals surface area (Å²) in [4.78, 5) is 38.8. The maximum Gasteiger partial charge on any atom is 0.268 e. The Morgan fingerprint density at radius 2 is 1.90 bits per heavy atom. The van der Waals surface area contributed by atoms with E-state index in [2.05, 4.69) is 5.32 Å². The lowest BCUT2D eigenvalue weighted by molar-refractivity contribution is -0.128. The molecule has 1 heterocycles. The van der Waals surface area contributed by atoms with Crippen LogP contribution in [0.2, 0.25) is 5.02 Å². The van der Waals surface area contributed by atoms with Crippen LogP contribution in [0, 0.1) is 0 Å². The fourth-order valence-electron chi connectivity index (χ4n) is 3.12. The molecule has 0 aromatic heterocycles. The average Bonchev–Trinajstić information content (AvgIpc) is 2.71. The van der Waals surface area contributed by atoms with Crippen LogP contribution in [-0.4, -0.2) is 30.2 Å². The van der Waals surface area contributed by atoms with Crippen molar-refractivity contribution in [2.45, 2.75) is 39.3 Å². The smallest absolute Gasteiger partial charge is 0.268 e. The van der Waals surface area contributed by atoms with Crippen LogP contribution in [0.15, 0.2) is 42.5 Å². The van der Waals surface area contributed by atoms with Crippen molar-refractivity contribution in [3.63, 3.8) is 0 Å². The minimum absolute atomic E-state index is 0.00601. The number of benzene rings is 2. The standard InChI is InChI=1S/C22H23ClN2O4/c1-3-4-19(26)16-7-10-20-18(11-16)25(22(28)14(2)29-20)13-21(27)24-12-15-5-8-17(23)9-6-15/h5-11,14H,3-4,12-13H2,1-2H3,(H,24,27). The third-order valence-corrected chi connectivity index (χ3v) is 4.92. The summed E-state index contributed by atoms with van der Waals surface area (Å²) in [5.74, 6) is -0.151. The molecule has 152 valence electrons. The Kier molecular flexibility index (Phi) is 6.54. The van der Waals surface area contributed by atoms with Gasteiger partial charge in [0.05, 0.1) is 5.69 Å². The number of ether oxygens (including phenoxy) is 1. The zero-order chi connectivity index (χ0) is 21.0. The third-order valence-electron chi connectivity index (χ3n) is 4.67. The molecule has 2 amide bonds. The average molecular weight is 415 g/mol. The SMILES string of the molecule is CCCC(=O)c1ccc2c(c1)N(CC(=O)NCc1ccc(Cl)cc1)C(=O)C(C)O2. The van der Waals surface area contributed by atoms with Crippen molar-refractivity contribution >= 4 is 34.9 Å². The van der Waals surface area contributed by atoms with E-state index in [1.807, 2.05) is 19.1 Å². The van der Waals surface area contributed by atoms with Crippen LogP contribution in [0.4, 0.5) is 5.69 Å². The van der Waals surface area contributed by atoms with Crippen molar-refractivity contribution < 1.29 is 19.1 Å². The number of hydrogen-bond acceptors (Lipinski definition) is 4. The molecule has 3 rings (SSSR count). The van der Waals surface area contributed by atoms with Crippen LogP contribution >= 0.6 is 11.6 Å². The molecule has 0 fully saturated rings. The minimum Gasteiger partial charge on any atom is -0.479 e. The normalized spacial score (nSPS) is 15.5. The molecule has 1 N–H and O–H groups in total. The van der Waals surface area contributed by atoms with Gasteiger partial charge in [-0.25, -0.2) is 0 Å². The Labute approximate surface area is 174 Å². The molecule has 1 aliphatic rings. The van der Waals surface area contributed by atoms with E-state index in [9.17, 15) is 14.4 Å². The maximum atomic E-state index is 12.7. The van der Waals surface area contributed by atoms with Crippen LogP contribution in [0.5, 0.6) is 5.75 Å². The van der Waals surface area contributed by atoms with Gasteiger partial charge in [-0.3, -0.25) is 19.3 Å². The summed E-state index contributed by atoms with van der Waals surface area (Å²) < 4.78 is 5.64. The summed E-state index contributed by atoms with van der Waals surface area (Å²) in [5, 5.41) is 3.43. The van der Waals surface area contributed by atoms with E-state index < -0.39 is 6.10 Å². The zero-order valence-electron chi connectivity index (χ0n) is 16.4. The summed E-state index contributed by atoms with van der Waals surface area (Å²) in [6.45, 7) is 3.74. The van der Waals surface area contributed by atoms with Gasteiger partial charge < -0.3 is 10.1 Å². The van der Waals surface area contributed by atoms with E-state index >= 15 is 0 Å². The quantitative estimate of drug-likeness (QED) is 0.700. The Morgan fingerprint density at radius 1 is 1.17 bits per heavy atom. The molecule has 0 saturated heterocycles. The molecule has 7 heteroatoms. The highest BCUT2D eigenvalue weighted by atomic mass is 35.5. The number of fused-ring (bicyclic) bond motifs is 1. The van der Waals surface area contributed by atoms with Crippen LogP contribution < -0.4 is 15.0 Å². The van der Waals surface area contributed by atoms with Gasteiger partial charge in [-0.2, -0.15) is 0 Å². The number of hydrogen-bond donors (Lipinski definition) is 1. The Balaban J connectivity index is 1.76. The molecule has 29 heavy (non-hydrogen) atoms. The topological polar surface area (TPSA) is 75.7 Å². The lowest BCUT2D eigenvalue weighted by Gasteiger charge is -2.32. The number of halogens is 1. The van der Waals surface area contributed by atoms with Crippen LogP contribution in [-0.2, 0) is 16.1 Å². The largest absolute Gasteiger partial charge is 0.479 e. The molecule has 0 bridgehead atoms. The molecule has 2 aromatic rings. The second-order valence-electron chi connectivity index (χ2n) is 6.94. The molecule has 0 saturated carbocycles. The highest BCUT2D eigenvalue weighted by Gasteiger charge is 2.33. The highest BCUT2D eigenvalue weighted by molar-refractivity contribution is 6.30. The van der Waals surface area contributed by atoms with Crippen molar-refractivity contribution in [1.82, 2.24) is 5.32 Å². The van der Waals surface area contributed by atoms with Gasteiger partial charge in [0.2, 0.25) is 5.91 Å². The van der Waals surface area contributed by atoms with Gasteiger partial charge in [0, 0.05) is 23.6 Å². The first-order valence-corrected chi connectivity index (χ1v) is 9.93. The molecule has 0 radical (unpaired) electrons. The van der Waals surface area contributed by atoms with Crippen molar-refractivity contribution in [2.75, 3.05) is 11.4 Å². The molecular formula is C22H23ClN2O4. The molecule has 0 aliphatic carbocycles. The lowest BCUT2D eigenvalue weighted by atomic mass is 10.0. The Morgan fingerprint density at radius 3 is 2.59 bits per heavy atom.